The zero-order valence-corrected chi connectivity index (χ0v) is 14.6. The largest absolute Gasteiger partial charge is 0.393 e. The van der Waals surface area contributed by atoms with E-state index >= 15 is 0 Å². The third-order valence-electron chi connectivity index (χ3n) is 5.18. The number of ketones is 1. The molecule has 2 aliphatic heterocycles. The Bertz CT molecular complexity index is 829. The summed E-state index contributed by atoms with van der Waals surface area (Å²) in [5, 5.41) is 19.6. The van der Waals surface area contributed by atoms with Gasteiger partial charge in [0, 0.05) is 12.0 Å². The minimum Gasteiger partial charge on any atom is -0.393 e. The number of benzene rings is 2. The molecular weight excluding hydrogens is 332 g/mol. The number of rotatable bonds is 3. The summed E-state index contributed by atoms with van der Waals surface area (Å²) < 4.78 is 11.7. The molecule has 5 nitrogen and oxygen atoms in total. The summed E-state index contributed by atoms with van der Waals surface area (Å²) in [6.07, 6.45) is -1.45. The standard InChI is InChI=1S/C21H22O5/c1-13-2-4-14(5-3-13)8-15-6-7-16-12-25-21(17(16)9-15)10-18(23)20(24)19(11-22)26-21/h2-7,9,18-19,22-23H,8,10-12H2,1H3/t18?,19-,21?/m1/s1. The van der Waals surface area contributed by atoms with E-state index in [1.807, 2.05) is 12.1 Å². The summed E-state index contributed by atoms with van der Waals surface area (Å²) >= 11 is 0. The molecule has 0 aromatic heterocycles. The fraction of sp³-hybridized carbons (Fsp3) is 0.381. The smallest absolute Gasteiger partial charge is 0.199 e. The molecule has 3 atom stereocenters. The van der Waals surface area contributed by atoms with Crippen LogP contribution in [0.5, 0.6) is 0 Å². The average Bonchev–Trinajstić information content (AvgIpc) is 2.98. The fourth-order valence-corrected chi connectivity index (χ4v) is 3.73. The molecule has 26 heavy (non-hydrogen) atoms. The summed E-state index contributed by atoms with van der Waals surface area (Å²) in [7, 11) is 0. The molecule has 2 N–H and O–H groups in total. The predicted octanol–water partition coefficient (Wildman–Crippen LogP) is 1.98. The number of fused-ring (bicyclic) bond motifs is 2. The first-order chi connectivity index (χ1) is 12.5. The van der Waals surface area contributed by atoms with Crippen molar-refractivity contribution in [1.29, 1.82) is 0 Å². The zero-order valence-electron chi connectivity index (χ0n) is 14.6. The predicted molar refractivity (Wildman–Crippen MR) is 94.5 cm³/mol. The third kappa shape index (κ3) is 2.97. The molecule has 2 aliphatic rings. The molecule has 0 bridgehead atoms. The molecule has 136 valence electrons. The summed E-state index contributed by atoms with van der Waals surface area (Å²) in [6.45, 7) is 1.95. The van der Waals surface area contributed by atoms with Gasteiger partial charge in [-0.2, -0.15) is 0 Å². The lowest BCUT2D eigenvalue weighted by Crippen LogP contribution is -2.51. The topological polar surface area (TPSA) is 76.0 Å². The Morgan fingerprint density at radius 3 is 2.62 bits per heavy atom. The lowest BCUT2D eigenvalue weighted by Gasteiger charge is -2.39. The van der Waals surface area contributed by atoms with Crippen LogP contribution in [0.4, 0.5) is 0 Å². The number of aryl methyl sites for hydroxylation is 1. The number of carbonyl (C=O) groups excluding carboxylic acids is 1. The van der Waals surface area contributed by atoms with Gasteiger partial charge in [0.1, 0.15) is 12.2 Å². The van der Waals surface area contributed by atoms with E-state index in [0.717, 1.165) is 23.1 Å². The number of aliphatic hydroxyl groups is 2. The van der Waals surface area contributed by atoms with Crippen LogP contribution in [-0.4, -0.2) is 34.8 Å². The van der Waals surface area contributed by atoms with Gasteiger partial charge in [-0.1, -0.05) is 42.0 Å². The van der Waals surface area contributed by atoms with Crippen LogP contribution in [0.2, 0.25) is 0 Å². The zero-order chi connectivity index (χ0) is 18.3. The normalized spacial score (nSPS) is 27.7. The molecule has 2 aromatic carbocycles. The maximum absolute atomic E-state index is 12.0. The second-order valence-corrected chi connectivity index (χ2v) is 7.11. The number of ether oxygens (including phenoxy) is 2. The van der Waals surface area contributed by atoms with E-state index in [2.05, 4.69) is 37.3 Å². The van der Waals surface area contributed by atoms with Gasteiger partial charge >= 0.3 is 0 Å². The van der Waals surface area contributed by atoms with Crippen LogP contribution in [0.3, 0.4) is 0 Å². The molecule has 1 spiro atoms. The first-order valence-corrected chi connectivity index (χ1v) is 8.83. The Kier molecular flexibility index (Phi) is 4.40. The number of aliphatic hydroxyl groups excluding tert-OH is 2. The third-order valence-corrected chi connectivity index (χ3v) is 5.18. The average molecular weight is 354 g/mol. The molecule has 2 unspecified atom stereocenters. The van der Waals surface area contributed by atoms with Crippen molar-refractivity contribution in [3.63, 3.8) is 0 Å². The Morgan fingerprint density at radius 2 is 1.88 bits per heavy atom. The van der Waals surface area contributed by atoms with Crippen LogP contribution in [0.15, 0.2) is 42.5 Å². The molecule has 0 radical (unpaired) electrons. The van der Waals surface area contributed by atoms with Crippen molar-refractivity contribution < 1.29 is 24.5 Å². The van der Waals surface area contributed by atoms with Gasteiger partial charge in [0.05, 0.1) is 13.2 Å². The minimum absolute atomic E-state index is 0.0450. The number of carbonyl (C=O) groups is 1. The van der Waals surface area contributed by atoms with E-state index in [4.69, 9.17) is 9.47 Å². The van der Waals surface area contributed by atoms with Crippen LogP contribution in [0.25, 0.3) is 0 Å². The molecule has 1 fully saturated rings. The van der Waals surface area contributed by atoms with E-state index in [-0.39, 0.29) is 6.42 Å². The van der Waals surface area contributed by atoms with Crippen LogP contribution in [-0.2, 0) is 33.1 Å². The summed E-state index contributed by atoms with van der Waals surface area (Å²) in [5.74, 6) is -1.66. The minimum atomic E-state index is -1.20. The van der Waals surface area contributed by atoms with Gasteiger partial charge in [0.2, 0.25) is 0 Å². The van der Waals surface area contributed by atoms with Gasteiger partial charge in [-0.05, 0) is 36.1 Å². The van der Waals surface area contributed by atoms with Gasteiger partial charge < -0.3 is 19.7 Å². The highest BCUT2D eigenvalue weighted by Crippen LogP contribution is 2.45. The second-order valence-electron chi connectivity index (χ2n) is 7.11. The van der Waals surface area contributed by atoms with Crippen molar-refractivity contribution in [2.75, 3.05) is 6.61 Å². The lowest BCUT2D eigenvalue weighted by atomic mass is 9.89. The van der Waals surface area contributed by atoms with Gasteiger partial charge in [-0.3, -0.25) is 4.79 Å². The van der Waals surface area contributed by atoms with Crippen LogP contribution in [0.1, 0.15) is 34.2 Å². The highest BCUT2D eigenvalue weighted by molar-refractivity contribution is 5.88. The Labute approximate surface area is 152 Å². The number of hydrogen-bond acceptors (Lipinski definition) is 5. The lowest BCUT2D eigenvalue weighted by molar-refractivity contribution is -0.288. The highest BCUT2D eigenvalue weighted by atomic mass is 16.7. The summed E-state index contributed by atoms with van der Waals surface area (Å²) in [5.41, 5.74) is 5.35. The Balaban J connectivity index is 1.65. The summed E-state index contributed by atoms with van der Waals surface area (Å²) in [6, 6.07) is 14.5. The van der Waals surface area contributed by atoms with Crippen molar-refractivity contribution in [1.82, 2.24) is 0 Å². The van der Waals surface area contributed by atoms with Crippen molar-refractivity contribution in [3.05, 3.63) is 70.3 Å². The van der Waals surface area contributed by atoms with E-state index in [1.54, 1.807) is 0 Å². The van der Waals surface area contributed by atoms with Gasteiger partial charge in [0.25, 0.3) is 0 Å². The number of Topliss-reactive ketones (excluding diaryl/α,β-unsaturated/α-hetero) is 1. The van der Waals surface area contributed by atoms with Crippen molar-refractivity contribution >= 4 is 5.78 Å². The molecule has 2 heterocycles. The molecular formula is C21H22O5. The van der Waals surface area contributed by atoms with Gasteiger partial charge in [-0.25, -0.2) is 0 Å². The number of hydrogen-bond donors (Lipinski definition) is 2. The van der Waals surface area contributed by atoms with Crippen molar-refractivity contribution in [2.45, 2.75) is 44.4 Å². The highest BCUT2D eigenvalue weighted by Gasteiger charge is 2.51. The first-order valence-electron chi connectivity index (χ1n) is 8.83. The van der Waals surface area contributed by atoms with E-state index < -0.39 is 30.4 Å². The molecule has 4 rings (SSSR count). The van der Waals surface area contributed by atoms with Gasteiger partial charge in [-0.15, -0.1) is 0 Å². The van der Waals surface area contributed by atoms with E-state index in [1.165, 1.54) is 11.1 Å². The van der Waals surface area contributed by atoms with E-state index in [9.17, 15) is 15.0 Å². The van der Waals surface area contributed by atoms with Gasteiger partial charge in [0.15, 0.2) is 11.6 Å². The summed E-state index contributed by atoms with van der Waals surface area (Å²) in [4.78, 5) is 12.0. The molecule has 5 heteroatoms. The quantitative estimate of drug-likeness (QED) is 0.882. The Hall–Kier alpha value is -2.05. The van der Waals surface area contributed by atoms with Crippen LogP contribution >= 0.6 is 0 Å². The van der Waals surface area contributed by atoms with E-state index in [0.29, 0.717) is 6.61 Å². The monoisotopic (exact) mass is 354 g/mol. The molecule has 0 saturated carbocycles. The maximum atomic E-state index is 12.0. The fourth-order valence-electron chi connectivity index (χ4n) is 3.73. The molecule has 0 aliphatic carbocycles. The molecule has 1 saturated heterocycles. The first kappa shape index (κ1) is 17.4. The SMILES string of the molecule is Cc1ccc(Cc2ccc3c(c2)C2(CC(O)C(=O)[C@@H](CO)O2)OC3)cc1. The van der Waals surface area contributed by atoms with Crippen LogP contribution < -0.4 is 0 Å². The molecule has 2 aromatic rings. The van der Waals surface area contributed by atoms with Crippen molar-refractivity contribution in [2.24, 2.45) is 0 Å². The van der Waals surface area contributed by atoms with Crippen molar-refractivity contribution in [3.8, 4) is 0 Å². The maximum Gasteiger partial charge on any atom is 0.199 e. The molecule has 0 amide bonds. The van der Waals surface area contributed by atoms with Crippen LogP contribution in [0, 0.1) is 6.92 Å². The second kappa shape index (κ2) is 6.59. The Morgan fingerprint density at radius 1 is 1.15 bits per heavy atom.